The fourth-order valence-corrected chi connectivity index (χ4v) is 3.48. The number of hydrogen-bond donors (Lipinski definition) is 0. The molecule has 0 amide bonds. The van der Waals surface area contributed by atoms with Gasteiger partial charge in [0.15, 0.2) is 0 Å². The molecule has 2 aliphatic rings. The SMILES string of the molecule is C=C(CN1C=CC=CC1SC)N1C=CC=CC1SC. The lowest BCUT2D eigenvalue weighted by Gasteiger charge is -2.35. The molecule has 0 aliphatic carbocycles. The standard InChI is InChI=1S/C15H20N2S2/c1-13(17-11-7-5-9-15(17)19-3)12-16-10-6-4-8-14(16)18-2/h4-11,14-15H,1,12H2,2-3H3. The molecule has 2 rings (SSSR count). The van der Waals surface area contributed by atoms with E-state index in [1.165, 1.54) is 0 Å². The van der Waals surface area contributed by atoms with Crippen LogP contribution in [0.2, 0.25) is 0 Å². The van der Waals surface area contributed by atoms with Crippen molar-refractivity contribution in [2.75, 3.05) is 19.1 Å². The summed E-state index contributed by atoms with van der Waals surface area (Å²) in [6.45, 7) is 5.11. The van der Waals surface area contributed by atoms with Gasteiger partial charge < -0.3 is 9.80 Å². The molecule has 0 saturated carbocycles. The molecule has 102 valence electrons. The maximum Gasteiger partial charge on any atom is 0.0976 e. The zero-order valence-corrected chi connectivity index (χ0v) is 13.0. The van der Waals surface area contributed by atoms with Crippen molar-refractivity contribution in [3.05, 3.63) is 61.1 Å². The van der Waals surface area contributed by atoms with Gasteiger partial charge in [-0.25, -0.2) is 0 Å². The minimum absolute atomic E-state index is 0.356. The largest absolute Gasteiger partial charge is 0.356 e. The highest BCUT2D eigenvalue weighted by Gasteiger charge is 2.20. The number of thioether (sulfide) groups is 2. The van der Waals surface area contributed by atoms with Crippen molar-refractivity contribution in [1.29, 1.82) is 0 Å². The van der Waals surface area contributed by atoms with Crippen LogP contribution in [0.4, 0.5) is 0 Å². The van der Waals surface area contributed by atoms with Crippen LogP contribution >= 0.6 is 23.5 Å². The second-order valence-electron chi connectivity index (χ2n) is 4.35. The fraction of sp³-hybridized carbons (Fsp3) is 0.333. The Labute approximate surface area is 124 Å². The van der Waals surface area contributed by atoms with Crippen LogP contribution in [0.3, 0.4) is 0 Å². The minimum atomic E-state index is 0.356. The zero-order valence-electron chi connectivity index (χ0n) is 11.4. The van der Waals surface area contributed by atoms with Crippen molar-refractivity contribution in [3.8, 4) is 0 Å². The third kappa shape index (κ3) is 3.51. The molecule has 19 heavy (non-hydrogen) atoms. The molecule has 4 heteroatoms. The van der Waals surface area contributed by atoms with Crippen molar-refractivity contribution in [2.24, 2.45) is 0 Å². The van der Waals surface area contributed by atoms with E-state index in [1.807, 2.05) is 23.5 Å². The van der Waals surface area contributed by atoms with Gasteiger partial charge in [-0.1, -0.05) is 30.9 Å². The van der Waals surface area contributed by atoms with Crippen LogP contribution in [0.1, 0.15) is 0 Å². The average Bonchev–Trinajstić information content (AvgIpc) is 2.47. The summed E-state index contributed by atoms with van der Waals surface area (Å²) in [6, 6.07) is 0. The first-order valence-electron chi connectivity index (χ1n) is 6.23. The van der Waals surface area contributed by atoms with E-state index in [0.717, 1.165) is 12.2 Å². The van der Waals surface area contributed by atoms with Crippen LogP contribution in [-0.4, -0.2) is 39.6 Å². The predicted octanol–water partition coefficient (Wildman–Crippen LogP) is 3.65. The molecule has 0 bridgehead atoms. The van der Waals surface area contributed by atoms with E-state index in [4.69, 9.17) is 0 Å². The maximum atomic E-state index is 4.26. The van der Waals surface area contributed by atoms with Crippen LogP contribution in [0.15, 0.2) is 61.1 Å². The Kier molecular flexibility index (Phi) is 5.28. The topological polar surface area (TPSA) is 6.48 Å². The van der Waals surface area contributed by atoms with Crippen molar-refractivity contribution >= 4 is 23.5 Å². The summed E-state index contributed by atoms with van der Waals surface area (Å²) in [5.41, 5.74) is 1.12. The van der Waals surface area contributed by atoms with E-state index >= 15 is 0 Å². The third-order valence-corrected chi connectivity index (χ3v) is 4.89. The summed E-state index contributed by atoms with van der Waals surface area (Å²) in [4.78, 5) is 4.56. The first-order chi connectivity index (χ1) is 9.26. The van der Waals surface area contributed by atoms with Gasteiger partial charge in [0.25, 0.3) is 0 Å². The molecule has 0 aromatic heterocycles. The Balaban J connectivity index is 2.00. The molecule has 0 radical (unpaired) electrons. The quantitative estimate of drug-likeness (QED) is 0.763. The normalized spacial score (nSPS) is 25.2. The molecule has 2 nitrogen and oxygen atoms in total. The summed E-state index contributed by atoms with van der Waals surface area (Å²) in [7, 11) is 0. The lowest BCUT2D eigenvalue weighted by atomic mass is 10.2. The number of nitrogens with zero attached hydrogens (tertiary/aromatic N) is 2. The highest BCUT2D eigenvalue weighted by Crippen LogP contribution is 2.25. The minimum Gasteiger partial charge on any atom is -0.356 e. The lowest BCUT2D eigenvalue weighted by Crippen LogP contribution is -2.36. The molecular formula is C15H20N2S2. The van der Waals surface area contributed by atoms with Gasteiger partial charge in [0.2, 0.25) is 0 Å². The molecule has 0 aromatic rings. The second kappa shape index (κ2) is 6.96. The Bertz CT molecular complexity index is 437. The van der Waals surface area contributed by atoms with Crippen LogP contribution in [0.25, 0.3) is 0 Å². The van der Waals surface area contributed by atoms with E-state index in [9.17, 15) is 0 Å². The van der Waals surface area contributed by atoms with Crippen LogP contribution in [0.5, 0.6) is 0 Å². The van der Waals surface area contributed by atoms with Gasteiger partial charge >= 0.3 is 0 Å². The summed E-state index contributed by atoms with van der Waals surface area (Å²) in [5.74, 6) is 0. The van der Waals surface area contributed by atoms with Gasteiger partial charge in [0, 0.05) is 18.1 Å². The average molecular weight is 292 g/mol. The van der Waals surface area contributed by atoms with E-state index in [1.54, 1.807) is 0 Å². The van der Waals surface area contributed by atoms with Crippen molar-refractivity contribution in [1.82, 2.24) is 9.80 Å². The molecule has 0 saturated heterocycles. The van der Waals surface area contributed by atoms with Gasteiger partial charge in [-0.05, 0) is 24.7 Å². The summed E-state index contributed by atoms with van der Waals surface area (Å²) < 4.78 is 0. The highest BCUT2D eigenvalue weighted by atomic mass is 32.2. The fourth-order valence-electron chi connectivity index (χ4n) is 2.12. The van der Waals surface area contributed by atoms with Gasteiger partial charge in [-0.2, -0.15) is 0 Å². The van der Waals surface area contributed by atoms with E-state index in [2.05, 4.69) is 77.7 Å². The Morgan fingerprint density at radius 1 is 1.00 bits per heavy atom. The Hall–Kier alpha value is -1.00. The molecule has 0 aromatic carbocycles. The summed E-state index contributed by atoms with van der Waals surface area (Å²) in [6.07, 6.45) is 21.3. The molecular weight excluding hydrogens is 272 g/mol. The van der Waals surface area contributed by atoms with Gasteiger partial charge in [-0.3, -0.25) is 0 Å². The number of rotatable bonds is 5. The summed E-state index contributed by atoms with van der Waals surface area (Å²) >= 11 is 3.66. The van der Waals surface area contributed by atoms with Crippen LogP contribution < -0.4 is 0 Å². The van der Waals surface area contributed by atoms with Gasteiger partial charge in [0.05, 0.1) is 17.3 Å². The summed E-state index contributed by atoms with van der Waals surface area (Å²) in [5, 5.41) is 0.758. The van der Waals surface area contributed by atoms with Gasteiger partial charge in [0.1, 0.15) is 0 Å². The monoisotopic (exact) mass is 292 g/mol. The second-order valence-corrected chi connectivity index (χ2v) is 6.26. The maximum absolute atomic E-state index is 4.26. The lowest BCUT2D eigenvalue weighted by molar-refractivity contribution is 0.361. The van der Waals surface area contributed by atoms with E-state index in [0.29, 0.717) is 10.7 Å². The molecule has 0 N–H and O–H groups in total. The Morgan fingerprint density at radius 3 is 2.32 bits per heavy atom. The highest BCUT2D eigenvalue weighted by molar-refractivity contribution is 7.99. The van der Waals surface area contributed by atoms with E-state index in [-0.39, 0.29) is 0 Å². The van der Waals surface area contributed by atoms with Crippen LogP contribution in [0, 0.1) is 0 Å². The molecule has 0 spiro atoms. The van der Waals surface area contributed by atoms with Crippen molar-refractivity contribution < 1.29 is 0 Å². The molecule has 0 fully saturated rings. The molecule has 2 atom stereocenters. The van der Waals surface area contributed by atoms with Crippen molar-refractivity contribution in [2.45, 2.75) is 10.7 Å². The van der Waals surface area contributed by atoms with E-state index < -0.39 is 0 Å². The molecule has 2 unspecified atom stereocenters. The van der Waals surface area contributed by atoms with Gasteiger partial charge in [-0.15, -0.1) is 23.5 Å². The van der Waals surface area contributed by atoms with Crippen molar-refractivity contribution in [3.63, 3.8) is 0 Å². The molecule has 2 aliphatic heterocycles. The first-order valence-corrected chi connectivity index (χ1v) is 8.81. The number of hydrogen-bond acceptors (Lipinski definition) is 4. The molecule has 2 heterocycles. The smallest absolute Gasteiger partial charge is 0.0976 e. The zero-order chi connectivity index (χ0) is 13.7. The first kappa shape index (κ1) is 14.4. The van der Waals surface area contributed by atoms with Crippen LogP contribution in [-0.2, 0) is 0 Å². The predicted molar refractivity (Wildman–Crippen MR) is 88.9 cm³/mol. The Morgan fingerprint density at radius 2 is 1.63 bits per heavy atom. The number of allylic oxidation sites excluding steroid dienone is 4. The third-order valence-electron chi connectivity index (χ3n) is 3.11.